The molecule has 2 rings (SSSR count). The van der Waals surface area contributed by atoms with Gasteiger partial charge < -0.3 is 5.11 Å². The summed E-state index contributed by atoms with van der Waals surface area (Å²) in [6.45, 7) is 0. The van der Waals surface area contributed by atoms with Gasteiger partial charge in [0.2, 0.25) is 0 Å². The molecule has 0 aliphatic carbocycles. The number of aromatic hydroxyl groups is 1. The third-order valence-electron chi connectivity index (χ3n) is 1.94. The Bertz CT molecular complexity index is 471. The van der Waals surface area contributed by atoms with Crippen LogP contribution in [-0.4, -0.2) is 5.11 Å². The van der Waals surface area contributed by atoms with Gasteiger partial charge in [0.25, 0.3) is 0 Å². The number of fused-ring (bicyclic) bond motifs is 1. The van der Waals surface area contributed by atoms with Crippen molar-refractivity contribution in [3.05, 3.63) is 41.3 Å². The number of hydrogen-bond donors (Lipinski definition) is 1. The van der Waals surface area contributed by atoms with E-state index in [2.05, 4.69) is 5.18 Å². The van der Waals surface area contributed by atoms with Gasteiger partial charge in [0, 0.05) is 22.2 Å². The summed E-state index contributed by atoms with van der Waals surface area (Å²) in [5, 5.41) is 13.7. The van der Waals surface area contributed by atoms with Gasteiger partial charge >= 0.3 is 0 Å². The van der Waals surface area contributed by atoms with E-state index in [1.54, 1.807) is 24.3 Å². The molecule has 1 N–H and O–H groups in total. The molecule has 0 saturated carbocycles. The Morgan fingerprint density at radius 1 is 1.14 bits per heavy atom. The molecule has 2 aromatic carbocycles. The fourth-order valence-corrected chi connectivity index (χ4v) is 1.32. The number of phenols is 1. The molecule has 4 heteroatoms. The van der Waals surface area contributed by atoms with Crippen LogP contribution in [0.2, 0.25) is 0 Å². The maximum absolute atomic E-state index is 10.4. The molecule has 14 heavy (non-hydrogen) atoms. The first kappa shape index (κ1) is 10.7. The fourth-order valence-electron chi connectivity index (χ4n) is 1.32. The number of rotatable bonds is 1. The van der Waals surface area contributed by atoms with E-state index in [-0.39, 0.29) is 22.5 Å². The predicted octanol–water partition coefficient (Wildman–Crippen LogP) is 2.94. The molecule has 0 amide bonds. The first-order valence-electron chi connectivity index (χ1n) is 3.86. The number of benzene rings is 2. The monoisotopic (exact) mass is 232 g/mol. The summed E-state index contributed by atoms with van der Waals surface area (Å²) in [5.41, 5.74) is 0.355. The molecule has 0 aromatic heterocycles. The first-order valence-corrected chi connectivity index (χ1v) is 3.86. The van der Waals surface area contributed by atoms with E-state index in [1.807, 2.05) is 6.07 Å². The maximum Gasteiger partial charge on any atom is 0.116 e. The third kappa shape index (κ3) is 1.76. The average molecular weight is 232 g/mol. The van der Waals surface area contributed by atoms with Crippen LogP contribution in [0.15, 0.2) is 41.6 Å². The second-order valence-electron chi connectivity index (χ2n) is 2.77. The van der Waals surface area contributed by atoms with Crippen molar-refractivity contribution in [1.29, 1.82) is 0 Å². The topological polar surface area (TPSA) is 49.7 Å². The van der Waals surface area contributed by atoms with E-state index in [0.29, 0.717) is 11.1 Å². The SMILES string of the molecule is O=Nc1cccc2ccc(O)cc12.[Co]. The molecule has 0 atom stereocenters. The van der Waals surface area contributed by atoms with Crippen molar-refractivity contribution in [2.75, 3.05) is 0 Å². The Hall–Kier alpha value is -1.39. The van der Waals surface area contributed by atoms with E-state index in [1.165, 1.54) is 6.07 Å². The standard InChI is InChI=1S/C10H7NO2.Co/c12-8-5-4-7-2-1-3-10(11-13)9(7)6-8;/h1-6,12H;. The van der Waals surface area contributed by atoms with Crippen LogP contribution in [0.25, 0.3) is 10.8 Å². The average Bonchev–Trinajstić information content (AvgIpc) is 2.17. The summed E-state index contributed by atoms with van der Waals surface area (Å²) >= 11 is 0. The molecule has 0 heterocycles. The van der Waals surface area contributed by atoms with Crippen LogP contribution in [0.1, 0.15) is 0 Å². The summed E-state index contributed by atoms with van der Waals surface area (Å²) in [6, 6.07) is 10.1. The smallest absolute Gasteiger partial charge is 0.116 e. The van der Waals surface area contributed by atoms with E-state index in [4.69, 9.17) is 0 Å². The van der Waals surface area contributed by atoms with Gasteiger partial charge in [-0.2, -0.15) is 0 Å². The summed E-state index contributed by atoms with van der Waals surface area (Å²) in [6.07, 6.45) is 0. The molecule has 0 spiro atoms. The van der Waals surface area contributed by atoms with E-state index in [0.717, 1.165) is 5.39 Å². The van der Waals surface area contributed by atoms with Gasteiger partial charge in [0.1, 0.15) is 11.4 Å². The van der Waals surface area contributed by atoms with Crippen LogP contribution < -0.4 is 0 Å². The van der Waals surface area contributed by atoms with E-state index >= 15 is 0 Å². The minimum atomic E-state index is 0. The normalized spacial score (nSPS) is 9.43. The molecular weight excluding hydrogens is 225 g/mol. The second-order valence-corrected chi connectivity index (χ2v) is 2.77. The quantitative estimate of drug-likeness (QED) is 0.768. The van der Waals surface area contributed by atoms with Crippen LogP contribution in [0.5, 0.6) is 5.75 Å². The Balaban J connectivity index is 0.000000980. The second kappa shape index (κ2) is 4.21. The van der Waals surface area contributed by atoms with Crippen LogP contribution in [0.3, 0.4) is 0 Å². The van der Waals surface area contributed by atoms with Gasteiger partial charge in [-0.15, -0.1) is 4.91 Å². The number of hydrogen-bond acceptors (Lipinski definition) is 3. The van der Waals surface area contributed by atoms with Gasteiger partial charge in [-0.1, -0.05) is 18.2 Å². The van der Waals surface area contributed by atoms with Crippen LogP contribution in [-0.2, 0) is 16.8 Å². The van der Waals surface area contributed by atoms with Crippen molar-refractivity contribution in [2.45, 2.75) is 0 Å². The molecule has 3 nitrogen and oxygen atoms in total. The zero-order valence-electron chi connectivity index (χ0n) is 7.10. The van der Waals surface area contributed by atoms with Crippen LogP contribution >= 0.6 is 0 Å². The Morgan fingerprint density at radius 2 is 1.93 bits per heavy atom. The van der Waals surface area contributed by atoms with Crippen molar-refractivity contribution in [1.82, 2.24) is 0 Å². The largest absolute Gasteiger partial charge is 0.508 e. The summed E-state index contributed by atoms with van der Waals surface area (Å²) in [7, 11) is 0. The van der Waals surface area contributed by atoms with Gasteiger partial charge in [-0.3, -0.25) is 0 Å². The maximum atomic E-state index is 10.4. The first-order chi connectivity index (χ1) is 6.31. The van der Waals surface area contributed by atoms with Crippen LogP contribution in [0.4, 0.5) is 5.69 Å². The molecular formula is C10H7CoNO2. The summed E-state index contributed by atoms with van der Waals surface area (Å²) < 4.78 is 0. The summed E-state index contributed by atoms with van der Waals surface area (Å²) in [5.74, 6) is 0.142. The van der Waals surface area contributed by atoms with Gasteiger partial charge in [0.15, 0.2) is 0 Å². The third-order valence-corrected chi connectivity index (χ3v) is 1.94. The van der Waals surface area contributed by atoms with E-state index in [9.17, 15) is 10.0 Å². The number of phenolic OH excluding ortho intramolecular Hbond substituents is 1. The Morgan fingerprint density at radius 3 is 2.64 bits per heavy atom. The molecule has 0 aliphatic heterocycles. The molecule has 0 fully saturated rings. The number of nitrogens with zero attached hydrogens (tertiary/aromatic N) is 1. The molecule has 73 valence electrons. The van der Waals surface area contributed by atoms with Crippen molar-refractivity contribution < 1.29 is 21.9 Å². The fraction of sp³-hybridized carbons (Fsp3) is 0. The minimum Gasteiger partial charge on any atom is -0.508 e. The molecule has 0 unspecified atom stereocenters. The molecule has 2 aromatic rings. The molecule has 1 radical (unpaired) electrons. The molecule has 0 bridgehead atoms. The van der Waals surface area contributed by atoms with Crippen molar-refractivity contribution in [2.24, 2.45) is 5.18 Å². The van der Waals surface area contributed by atoms with Gasteiger partial charge in [-0.25, -0.2) is 0 Å². The minimum absolute atomic E-state index is 0. The zero-order chi connectivity index (χ0) is 9.26. The molecule has 0 aliphatic rings. The van der Waals surface area contributed by atoms with Crippen molar-refractivity contribution >= 4 is 16.5 Å². The van der Waals surface area contributed by atoms with Gasteiger partial charge in [0.05, 0.1) is 0 Å². The summed E-state index contributed by atoms with van der Waals surface area (Å²) in [4.78, 5) is 10.4. The van der Waals surface area contributed by atoms with Crippen molar-refractivity contribution in [3.8, 4) is 5.75 Å². The zero-order valence-corrected chi connectivity index (χ0v) is 8.14. The molecule has 0 saturated heterocycles. The van der Waals surface area contributed by atoms with Crippen molar-refractivity contribution in [3.63, 3.8) is 0 Å². The predicted molar refractivity (Wildman–Crippen MR) is 51.1 cm³/mol. The van der Waals surface area contributed by atoms with Crippen LogP contribution in [0, 0.1) is 4.91 Å². The Kier molecular flexibility index (Phi) is 3.21. The van der Waals surface area contributed by atoms with Gasteiger partial charge in [-0.05, 0) is 28.8 Å². The number of nitroso groups, excluding NO2 is 1. The Labute approximate surface area is 90.9 Å². The van der Waals surface area contributed by atoms with E-state index < -0.39 is 0 Å².